The Labute approximate surface area is 244 Å². The van der Waals surface area contributed by atoms with Crippen LogP contribution in [-0.2, 0) is 20.6 Å². The van der Waals surface area contributed by atoms with Gasteiger partial charge in [0.2, 0.25) is 11.8 Å². The number of fused-ring (bicyclic) bond motifs is 2. The van der Waals surface area contributed by atoms with Gasteiger partial charge in [0.25, 0.3) is 5.91 Å². The van der Waals surface area contributed by atoms with E-state index in [2.05, 4.69) is 10.3 Å². The first-order valence-corrected chi connectivity index (χ1v) is 14.3. The van der Waals surface area contributed by atoms with E-state index in [0.717, 1.165) is 35.2 Å². The summed E-state index contributed by atoms with van der Waals surface area (Å²) in [7, 11) is 0. The lowest BCUT2D eigenvalue weighted by atomic mass is 9.83. The predicted octanol–water partition coefficient (Wildman–Crippen LogP) is 5.27. The van der Waals surface area contributed by atoms with Crippen LogP contribution in [0.15, 0.2) is 88.7 Å². The molecule has 2 N–H and O–H groups in total. The summed E-state index contributed by atoms with van der Waals surface area (Å²) in [5.41, 5.74) is -0.335. The molecule has 1 aromatic heterocycles. The van der Waals surface area contributed by atoms with Gasteiger partial charge in [-0.15, -0.1) is 0 Å². The molecule has 0 radical (unpaired) electrons. The third-order valence-electron chi connectivity index (χ3n) is 6.93. The highest BCUT2D eigenvalue weighted by atomic mass is 32.2. The van der Waals surface area contributed by atoms with Crippen molar-refractivity contribution in [1.29, 1.82) is 0 Å². The number of nitrogens with one attached hydrogen (secondary N) is 2. The number of amides is 3. The van der Waals surface area contributed by atoms with Crippen molar-refractivity contribution < 1.29 is 32.3 Å². The Morgan fingerprint density at radius 1 is 0.952 bits per heavy atom. The number of aromatic nitrogens is 1. The average Bonchev–Trinajstić information content (AvgIpc) is 3.46. The molecule has 3 amide bonds. The van der Waals surface area contributed by atoms with Crippen molar-refractivity contribution in [2.75, 3.05) is 16.8 Å². The summed E-state index contributed by atoms with van der Waals surface area (Å²) in [4.78, 5) is 56.3. The standard InChI is InChI=1S/C29H20F3N3O5S2/c30-29(31,32)18-11-4-5-12-19(18)33-20(36)14-40-17-10-6-7-15(13-17)21-22-24(41-25-23(21)42-28(39)34-25)27(38)35(26(22)37)16-8-2-1-3-9-16/h1-13,21-22,24H,14H2,(H,33,36)(H,34,39)/t21-,22-,24+/m0/s1. The second-order valence-electron chi connectivity index (χ2n) is 9.55. The Morgan fingerprint density at radius 2 is 1.69 bits per heavy atom. The number of thioether (sulfide) groups is 1. The van der Waals surface area contributed by atoms with Crippen LogP contribution in [0, 0.1) is 5.92 Å². The number of imide groups is 1. The Morgan fingerprint density at radius 3 is 2.45 bits per heavy atom. The molecule has 4 aromatic rings. The van der Waals surface area contributed by atoms with E-state index in [1.807, 2.05) is 0 Å². The number of hydrogen-bond acceptors (Lipinski definition) is 7. The number of aromatic amines is 1. The molecule has 2 aliphatic rings. The second-order valence-corrected chi connectivity index (χ2v) is 11.7. The molecular weight excluding hydrogens is 591 g/mol. The fourth-order valence-electron chi connectivity index (χ4n) is 5.18. The molecule has 2 aliphatic heterocycles. The van der Waals surface area contributed by atoms with Gasteiger partial charge in [-0.25, -0.2) is 4.90 Å². The maximum Gasteiger partial charge on any atom is 0.418 e. The number of anilines is 2. The monoisotopic (exact) mass is 611 g/mol. The van der Waals surface area contributed by atoms with Crippen LogP contribution >= 0.6 is 23.1 Å². The minimum absolute atomic E-state index is 0.225. The molecular formula is C29H20F3N3O5S2. The summed E-state index contributed by atoms with van der Waals surface area (Å²) in [6.45, 7) is -0.579. The number of nitrogens with zero attached hydrogens (tertiary/aromatic N) is 1. The van der Waals surface area contributed by atoms with Crippen LogP contribution in [0.1, 0.15) is 21.9 Å². The molecule has 214 valence electrons. The lowest BCUT2D eigenvalue weighted by Crippen LogP contribution is -2.32. The number of thiazole rings is 1. The van der Waals surface area contributed by atoms with Crippen molar-refractivity contribution in [3.05, 3.63) is 105 Å². The van der Waals surface area contributed by atoms with Crippen LogP contribution in [0.2, 0.25) is 0 Å². The lowest BCUT2D eigenvalue weighted by Gasteiger charge is -2.30. The maximum absolute atomic E-state index is 13.8. The highest BCUT2D eigenvalue weighted by molar-refractivity contribution is 8.00. The number of alkyl halides is 3. The number of rotatable bonds is 6. The van der Waals surface area contributed by atoms with E-state index >= 15 is 0 Å². The van der Waals surface area contributed by atoms with Gasteiger partial charge in [0, 0.05) is 10.8 Å². The van der Waals surface area contributed by atoms with E-state index < -0.39 is 47.2 Å². The Hall–Kier alpha value is -4.36. The van der Waals surface area contributed by atoms with E-state index in [0.29, 0.717) is 21.2 Å². The Balaban J connectivity index is 1.27. The largest absolute Gasteiger partial charge is 0.484 e. The molecule has 0 saturated carbocycles. The molecule has 0 aliphatic carbocycles. The highest BCUT2D eigenvalue weighted by Gasteiger charge is 2.56. The highest BCUT2D eigenvalue weighted by Crippen LogP contribution is 2.53. The molecule has 1 fully saturated rings. The summed E-state index contributed by atoms with van der Waals surface area (Å²) in [6.07, 6.45) is -4.65. The van der Waals surface area contributed by atoms with Crippen LogP contribution in [0.4, 0.5) is 24.5 Å². The van der Waals surface area contributed by atoms with Gasteiger partial charge in [0.15, 0.2) is 6.61 Å². The van der Waals surface area contributed by atoms with Crippen molar-refractivity contribution in [1.82, 2.24) is 4.98 Å². The summed E-state index contributed by atoms with van der Waals surface area (Å²) in [5.74, 6) is -2.81. The zero-order valence-electron chi connectivity index (χ0n) is 21.4. The molecule has 8 nitrogen and oxygen atoms in total. The number of carbonyl (C=O) groups is 3. The fourth-order valence-corrected chi connectivity index (χ4v) is 7.70. The third-order valence-corrected chi connectivity index (χ3v) is 9.33. The molecule has 0 unspecified atom stereocenters. The average molecular weight is 612 g/mol. The van der Waals surface area contributed by atoms with E-state index in [1.54, 1.807) is 54.6 Å². The summed E-state index contributed by atoms with van der Waals surface area (Å²) < 4.78 is 45.5. The zero-order chi connectivity index (χ0) is 29.6. The van der Waals surface area contributed by atoms with Crippen LogP contribution in [0.3, 0.4) is 0 Å². The summed E-state index contributed by atoms with van der Waals surface area (Å²) in [5, 5.41) is 1.97. The number of hydrogen-bond donors (Lipinski definition) is 2. The first kappa shape index (κ1) is 27.8. The number of carbonyl (C=O) groups excluding carboxylic acids is 3. The van der Waals surface area contributed by atoms with Crippen molar-refractivity contribution in [3.8, 4) is 5.75 Å². The Kier molecular flexibility index (Phi) is 7.15. The Bertz CT molecular complexity index is 1750. The smallest absolute Gasteiger partial charge is 0.418 e. The number of ether oxygens (including phenoxy) is 1. The normalized spacial score (nSPS) is 19.8. The quantitative estimate of drug-likeness (QED) is 0.288. The lowest BCUT2D eigenvalue weighted by molar-refractivity contribution is -0.137. The molecule has 3 atom stereocenters. The van der Waals surface area contributed by atoms with Crippen molar-refractivity contribution in [3.63, 3.8) is 0 Å². The van der Waals surface area contributed by atoms with E-state index in [-0.39, 0.29) is 22.2 Å². The SMILES string of the molecule is O=C(COc1cccc([C@@H]2c3sc(=O)[nH]c3S[C@H]3C(=O)N(c4ccccc4)C(=O)[C@@H]23)c1)Nc1ccccc1C(F)(F)F. The van der Waals surface area contributed by atoms with Gasteiger partial charge >= 0.3 is 11.0 Å². The van der Waals surface area contributed by atoms with Crippen molar-refractivity contribution in [2.45, 2.75) is 22.4 Å². The molecule has 0 spiro atoms. The molecule has 6 rings (SSSR count). The number of halogens is 3. The van der Waals surface area contributed by atoms with Gasteiger partial charge in [0.05, 0.1) is 27.9 Å². The van der Waals surface area contributed by atoms with Crippen LogP contribution in [0.5, 0.6) is 5.75 Å². The third kappa shape index (κ3) is 5.09. The van der Waals surface area contributed by atoms with Gasteiger partial charge in [0.1, 0.15) is 11.0 Å². The molecule has 1 saturated heterocycles. The van der Waals surface area contributed by atoms with Gasteiger partial charge in [-0.1, -0.05) is 65.6 Å². The van der Waals surface area contributed by atoms with Gasteiger partial charge in [-0.05, 0) is 42.0 Å². The molecule has 42 heavy (non-hydrogen) atoms. The topological polar surface area (TPSA) is 109 Å². The first-order valence-electron chi connectivity index (χ1n) is 12.6. The zero-order valence-corrected chi connectivity index (χ0v) is 23.0. The number of para-hydroxylation sites is 2. The predicted molar refractivity (Wildman–Crippen MR) is 151 cm³/mol. The van der Waals surface area contributed by atoms with Crippen LogP contribution < -0.4 is 19.8 Å². The van der Waals surface area contributed by atoms with Gasteiger partial charge in [-0.2, -0.15) is 13.2 Å². The van der Waals surface area contributed by atoms with Crippen LogP contribution in [0.25, 0.3) is 0 Å². The number of H-pyrrole nitrogens is 1. The van der Waals surface area contributed by atoms with E-state index in [1.165, 1.54) is 17.0 Å². The van der Waals surface area contributed by atoms with Gasteiger partial charge in [-0.3, -0.25) is 19.2 Å². The maximum atomic E-state index is 13.8. The number of benzene rings is 3. The molecule has 0 bridgehead atoms. The van der Waals surface area contributed by atoms with Crippen molar-refractivity contribution >= 4 is 52.2 Å². The van der Waals surface area contributed by atoms with E-state index in [4.69, 9.17) is 4.74 Å². The first-order chi connectivity index (χ1) is 20.1. The molecule has 3 aromatic carbocycles. The second kappa shape index (κ2) is 10.8. The minimum Gasteiger partial charge on any atom is -0.484 e. The summed E-state index contributed by atoms with van der Waals surface area (Å²) >= 11 is 2.12. The fraction of sp³-hybridized carbons (Fsp3) is 0.172. The van der Waals surface area contributed by atoms with Gasteiger partial charge < -0.3 is 15.0 Å². The van der Waals surface area contributed by atoms with Crippen LogP contribution in [-0.4, -0.2) is 34.6 Å². The summed E-state index contributed by atoms with van der Waals surface area (Å²) in [6, 6.07) is 19.8. The molecule has 3 heterocycles. The molecule has 13 heteroatoms. The van der Waals surface area contributed by atoms with Crippen molar-refractivity contribution in [2.24, 2.45) is 5.92 Å². The minimum atomic E-state index is -4.65. The van der Waals surface area contributed by atoms with E-state index in [9.17, 15) is 32.3 Å².